The smallest absolute Gasteiger partial charge is 0.412 e. The van der Waals surface area contributed by atoms with E-state index in [1.807, 2.05) is 0 Å². The van der Waals surface area contributed by atoms with Crippen LogP contribution in [0, 0.1) is 17.1 Å². The SMILES string of the molecule is N#CCC(=O)N1CCC[C@@]2(C1)OC(=O)Nc1ccc(Cl)c(F)c12. The number of hydrogen-bond donors (Lipinski definition) is 1. The van der Waals surface area contributed by atoms with Gasteiger partial charge in [-0.1, -0.05) is 11.6 Å². The molecule has 0 aromatic heterocycles. The average molecular weight is 338 g/mol. The summed E-state index contributed by atoms with van der Waals surface area (Å²) in [5.41, 5.74) is -0.840. The van der Waals surface area contributed by atoms with Gasteiger partial charge in [-0.2, -0.15) is 5.26 Å². The molecule has 0 radical (unpaired) electrons. The third-order valence-corrected chi connectivity index (χ3v) is 4.41. The van der Waals surface area contributed by atoms with Crippen LogP contribution in [0.25, 0.3) is 0 Å². The topological polar surface area (TPSA) is 82.4 Å². The van der Waals surface area contributed by atoms with Crippen LogP contribution >= 0.6 is 11.6 Å². The minimum atomic E-state index is -1.28. The second kappa shape index (κ2) is 5.70. The molecule has 2 heterocycles. The summed E-state index contributed by atoms with van der Waals surface area (Å²) in [6, 6.07) is 4.67. The number of hydrogen-bond acceptors (Lipinski definition) is 4. The maximum absolute atomic E-state index is 14.6. The Labute approximate surface area is 136 Å². The summed E-state index contributed by atoms with van der Waals surface area (Å²) < 4.78 is 20.0. The minimum Gasteiger partial charge on any atom is -0.436 e. The Kier molecular flexibility index (Phi) is 3.86. The van der Waals surface area contributed by atoms with Crippen LogP contribution in [0.15, 0.2) is 12.1 Å². The molecule has 6 nitrogen and oxygen atoms in total. The Balaban J connectivity index is 2.05. The fourth-order valence-electron chi connectivity index (χ4n) is 3.17. The second-order valence-corrected chi connectivity index (χ2v) is 5.95. The van der Waals surface area contributed by atoms with E-state index in [2.05, 4.69) is 5.32 Å². The first kappa shape index (κ1) is 15.6. The van der Waals surface area contributed by atoms with Gasteiger partial charge in [0, 0.05) is 6.54 Å². The molecule has 2 aliphatic heterocycles. The molecule has 0 unspecified atom stereocenters. The number of nitriles is 1. The summed E-state index contributed by atoms with van der Waals surface area (Å²) in [5.74, 6) is -1.04. The van der Waals surface area contributed by atoms with Crippen molar-refractivity contribution in [2.45, 2.75) is 24.9 Å². The van der Waals surface area contributed by atoms with Crippen LogP contribution in [0.2, 0.25) is 5.02 Å². The number of nitrogens with zero attached hydrogens (tertiary/aromatic N) is 2. The largest absolute Gasteiger partial charge is 0.436 e. The molecule has 3 rings (SSSR count). The zero-order valence-corrected chi connectivity index (χ0v) is 12.8. The molecule has 0 saturated carbocycles. The summed E-state index contributed by atoms with van der Waals surface area (Å²) in [4.78, 5) is 25.3. The summed E-state index contributed by atoms with van der Waals surface area (Å²) in [7, 11) is 0. The van der Waals surface area contributed by atoms with Crippen molar-refractivity contribution in [2.24, 2.45) is 0 Å². The predicted octanol–water partition coefficient (Wildman–Crippen LogP) is 2.77. The van der Waals surface area contributed by atoms with E-state index < -0.39 is 17.5 Å². The number of fused-ring (bicyclic) bond motifs is 2. The lowest BCUT2D eigenvalue weighted by molar-refractivity contribution is -0.138. The van der Waals surface area contributed by atoms with Crippen LogP contribution < -0.4 is 5.32 Å². The number of anilines is 1. The highest BCUT2D eigenvalue weighted by Crippen LogP contribution is 2.45. The van der Waals surface area contributed by atoms with Gasteiger partial charge in [-0.05, 0) is 25.0 Å². The lowest BCUT2D eigenvalue weighted by atomic mass is 9.83. The van der Waals surface area contributed by atoms with E-state index in [9.17, 15) is 14.0 Å². The number of nitrogens with one attached hydrogen (secondary N) is 1. The summed E-state index contributed by atoms with van der Waals surface area (Å²) >= 11 is 5.87. The summed E-state index contributed by atoms with van der Waals surface area (Å²) in [6.07, 6.45) is -0.0712. The predicted molar refractivity (Wildman–Crippen MR) is 79.2 cm³/mol. The van der Waals surface area contributed by atoms with Crippen LogP contribution in [0.5, 0.6) is 0 Å². The van der Waals surface area contributed by atoms with E-state index in [-0.39, 0.29) is 35.1 Å². The third kappa shape index (κ3) is 2.59. The van der Waals surface area contributed by atoms with Crippen molar-refractivity contribution < 1.29 is 18.7 Å². The Morgan fingerprint density at radius 3 is 3.09 bits per heavy atom. The first-order chi connectivity index (χ1) is 11.0. The number of rotatable bonds is 1. The van der Waals surface area contributed by atoms with Gasteiger partial charge in [0.25, 0.3) is 0 Å². The molecule has 0 aliphatic carbocycles. The maximum Gasteiger partial charge on any atom is 0.412 e. The molecule has 1 atom stereocenters. The highest BCUT2D eigenvalue weighted by Gasteiger charge is 2.48. The van der Waals surface area contributed by atoms with E-state index in [1.165, 1.54) is 17.0 Å². The highest BCUT2D eigenvalue weighted by molar-refractivity contribution is 6.31. The van der Waals surface area contributed by atoms with E-state index in [1.54, 1.807) is 6.07 Å². The number of carbonyl (C=O) groups is 2. The van der Waals surface area contributed by atoms with Crippen molar-refractivity contribution in [1.29, 1.82) is 5.26 Å². The molecule has 1 aromatic rings. The van der Waals surface area contributed by atoms with Gasteiger partial charge in [-0.25, -0.2) is 9.18 Å². The molecule has 0 bridgehead atoms. The third-order valence-electron chi connectivity index (χ3n) is 4.11. The molecule has 1 fully saturated rings. The number of ether oxygens (including phenoxy) is 1. The van der Waals surface area contributed by atoms with Gasteiger partial charge in [0.05, 0.1) is 28.9 Å². The highest BCUT2D eigenvalue weighted by atomic mass is 35.5. The van der Waals surface area contributed by atoms with E-state index >= 15 is 0 Å². The molecule has 8 heteroatoms. The van der Waals surface area contributed by atoms with Gasteiger partial charge in [0.2, 0.25) is 5.91 Å². The lowest BCUT2D eigenvalue weighted by Gasteiger charge is -2.45. The van der Waals surface area contributed by atoms with Crippen molar-refractivity contribution >= 4 is 29.3 Å². The number of carbonyl (C=O) groups excluding carboxylic acids is 2. The van der Waals surface area contributed by atoms with Crippen LogP contribution in [-0.4, -0.2) is 30.0 Å². The standard InChI is InChI=1S/C15H13ClFN3O3/c16-9-2-3-10-12(13(9)17)15(23-14(22)19-10)5-1-7-20(8-15)11(21)4-6-18/h2-3H,1,4-5,7-8H2,(H,19,22)/t15-/m0/s1. The molecule has 2 aliphatic rings. The molecule has 1 saturated heterocycles. The summed E-state index contributed by atoms with van der Waals surface area (Å²) in [5, 5.41) is 11.1. The molecule has 2 amide bonds. The minimum absolute atomic E-state index is 0.00515. The summed E-state index contributed by atoms with van der Waals surface area (Å²) in [6.45, 7) is 0.440. The van der Waals surface area contributed by atoms with Crippen molar-refractivity contribution in [2.75, 3.05) is 18.4 Å². The van der Waals surface area contributed by atoms with Crippen molar-refractivity contribution in [1.82, 2.24) is 4.90 Å². The van der Waals surface area contributed by atoms with Crippen LogP contribution in [-0.2, 0) is 15.1 Å². The van der Waals surface area contributed by atoms with E-state index in [0.29, 0.717) is 19.4 Å². The van der Waals surface area contributed by atoms with Crippen molar-refractivity contribution in [3.05, 3.63) is 28.5 Å². The Morgan fingerprint density at radius 1 is 1.57 bits per heavy atom. The van der Waals surface area contributed by atoms with Crippen LogP contribution in [0.3, 0.4) is 0 Å². The molecule has 1 N–H and O–H groups in total. The maximum atomic E-state index is 14.6. The van der Waals surface area contributed by atoms with Gasteiger partial charge in [-0.15, -0.1) is 0 Å². The normalized spacial score (nSPS) is 22.8. The van der Waals surface area contributed by atoms with Crippen LogP contribution in [0.1, 0.15) is 24.8 Å². The quantitative estimate of drug-likeness (QED) is 0.854. The molecule has 1 spiro atoms. The second-order valence-electron chi connectivity index (χ2n) is 5.55. The number of piperidine rings is 1. The molecular formula is C15H13ClFN3O3. The fraction of sp³-hybridized carbons (Fsp3) is 0.400. The molecule has 1 aromatic carbocycles. The number of benzene rings is 1. The van der Waals surface area contributed by atoms with Gasteiger partial charge in [-0.3, -0.25) is 10.1 Å². The molecule has 120 valence electrons. The zero-order chi connectivity index (χ0) is 16.6. The number of likely N-dealkylation sites (tertiary alicyclic amines) is 1. The molecular weight excluding hydrogens is 325 g/mol. The van der Waals surface area contributed by atoms with E-state index in [4.69, 9.17) is 21.6 Å². The van der Waals surface area contributed by atoms with Gasteiger partial charge in [0.1, 0.15) is 6.42 Å². The number of amides is 2. The van der Waals surface area contributed by atoms with Crippen molar-refractivity contribution in [3.63, 3.8) is 0 Å². The van der Waals surface area contributed by atoms with Gasteiger partial charge >= 0.3 is 6.09 Å². The van der Waals surface area contributed by atoms with Crippen molar-refractivity contribution in [3.8, 4) is 6.07 Å². The monoisotopic (exact) mass is 337 g/mol. The molecule has 23 heavy (non-hydrogen) atoms. The fourth-order valence-corrected chi connectivity index (χ4v) is 3.32. The van der Waals surface area contributed by atoms with Gasteiger partial charge < -0.3 is 9.64 Å². The average Bonchev–Trinajstić information content (AvgIpc) is 2.51. The van der Waals surface area contributed by atoms with E-state index in [0.717, 1.165) is 0 Å². The van der Waals surface area contributed by atoms with Crippen LogP contribution in [0.4, 0.5) is 14.9 Å². The zero-order valence-electron chi connectivity index (χ0n) is 12.1. The first-order valence-electron chi connectivity index (χ1n) is 7.10. The Bertz CT molecular complexity index is 733. The Hall–Kier alpha value is -2.33. The Morgan fingerprint density at radius 2 is 2.35 bits per heavy atom. The van der Waals surface area contributed by atoms with Gasteiger partial charge in [0.15, 0.2) is 11.4 Å². The first-order valence-corrected chi connectivity index (χ1v) is 7.48. The lowest BCUT2D eigenvalue weighted by Crippen LogP contribution is -2.53. The number of halogens is 2.